The Kier molecular flexibility index (Phi) is 5.49. The topological polar surface area (TPSA) is 18.5 Å². The van der Waals surface area contributed by atoms with E-state index in [-0.39, 0.29) is 6.29 Å². The summed E-state index contributed by atoms with van der Waals surface area (Å²) in [7, 11) is 0. The summed E-state index contributed by atoms with van der Waals surface area (Å²) in [5.74, 6) is 0. The summed E-state index contributed by atoms with van der Waals surface area (Å²) in [6.07, 6.45) is 8.06. The van der Waals surface area contributed by atoms with Crippen LogP contribution in [0.3, 0.4) is 0 Å². The third-order valence-electron chi connectivity index (χ3n) is 2.73. The second-order valence-electron chi connectivity index (χ2n) is 4.41. The molecule has 0 radical (unpaired) electrons. The van der Waals surface area contributed by atoms with Gasteiger partial charge in [0.25, 0.3) is 0 Å². The van der Waals surface area contributed by atoms with Crippen LogP contribution < -0.4 is 0 Å². The molecule has 0 amide bonds. The van der Waals surface area contributed by atoms with Crippen molar-refractivity contribution in [1.82, 2.24) is 0 Å². The van der Waals surface area contributed by atoms with Gasteiger partial charge in [-0.3, -0.25) is 0 Å². The standard InChI is InChI=1S/C12H24O2/c1-4-5-6-7-8-12-13-10(2)9-11(3)14-12/h10-12H,4-9H2,1-3H3/t10-,11-/m1/s1. The Balaban J connectivity index is 2.10. The molecule has 0 aromatic heterocycles. The van der Waals surface area contributed by atoms with Crippen molar-refractivity contribution in [1.29, 1.82) is 0 Å². The molecule has 1 fully saturated rings. The third kappa shape index (κ3) is 4.43. The lowest BCUT2D eigenvalue weighted by molar-refractivity contribution is -0.236. The van der Waals surface area contributed by atoms with Crippen LogP contribution >= 0.6 is 0 Å². The first-order valence-electron chi connectivity index (χ1n) is 6.03. The maximum atomic E-state index is 5.71. The molecule has 0 aliphatic carbocycles. The Morgan fingerprint density at radius 1 is 1.00 bits per heavy atom. The molecule has 0 aromatic rings. The molecule has 2 heteroatoms. The van der Waals surface area contributed by atoms with E-state index in [2.05, 4.69) is 20.8 Å². The quantitative estimate of drug-likeness (QED) is 0.632. The summed E-state index contributed by atoms with van der Waals surface area (Å²) >= 11 is 0. The molecule has 2 nitrogen and oxygen atoms in total. The molecule has 1 rings (SSSR count). The Labute approximate surface area is 88.0 Å². The first-order chi connectivity index (χ1) is 6.72. The van der Waals surface area contributed by atoms with E-state index in [1.54, 1.807) is 0 Å². The number of unbranched alkanes of at least 4 members (excludes halogenated alkanes) is 3. The van der Waals surface area contributed by atoms with Crippen LogP contribution in [-0.4, -0.2) is 18.5 Å². The molecule has 1 aliphatic rings. The van der Waals surface area contributed by atoms with Gasteiger partial charge in [-0.05, 0) is 33.1 Å². The fourth-order valence-corrected chi connectivity index (χ4v) is 2.00. The van der Waals surface area contributed by atoms with Crippen molar-refractivity contribution in [3.63, 3.8) is 0 Å². The summed E-state index contributed by atoms with van der Waals surface area (Å²) in [5, 5.41) is 0. The Morgan fingerprint density at radius 2 is 1.64 bits per heavy atom. The van der Waals surface area contributed by atoms with Crippen molar-refractivity contribution in [3.8, 4) is 0 Å². The lowest BCUT2D eigenvalue weighted by atomic mass is 10.1. The molecule has 1 heterocycles. The summed E-state index contributed by atoms with van der Waals surface area (Å²) in [4.78, 5) is 0. The molecule has 0 saturated carbocycles. The summed E-state index contributed by atoms with van der Waals surface area (Å²) in [5.41, 5.74) is 0. The first-order valence-corrected chi connectivity index (χ1v) is 6.03. The molecule has 84 valence electrons. The maximum absolute atomic E-state index is 5.71. The van der Waals surface area contributed by atoms with Gasteiger partial charge in [-0.1, -0.05) is 26.2 Å². The van der Waals surface area contributed by atoms with E-state index in [9.17, 15) is 0 Å². The summed E-state index contributed by atoms with van der Waals surface area (Å²) in [6.45, 7) is 6.51. The smallest absolute Gasteiger partial charge is 0.158 e. The Bertz CT molecular complexity index is 137. The molecule has 0 bridgehead atoms. The number of hydrogen-bond donors (Lipinski definition) is 0. The first kappa shape index (κ1) is 12.0. The fraction of sp³-hybridized carbons (Fsp3) is 1.00. The fourth-order valence-electron chi connectivity index (χ4n) is 2.00. The predicted octanol–water partition coefficient (Wildman–Crippen LogP) is 3.50. The second kappa shape index (κ2) is 6.41. The number of rotatable bonds is 5. The minimum absolute atomic E-state index is 0.0607. The molecule has 0 aromatic carbocycles. The molecular weight excluding hydrogens is 176 g/mol. The largest absolute Gasteiger partial charge is 0.350 e. The molecule has 1 aliphatic heterocycles. The highest BCUT2D eigenvalue weighted by Crippen LogP contribution is 2.21. The second-order valence-corrected chi connectivity index (χ2v) is 4.41. The average Bonchev–Trinajstić information content (AvgIpc) is 2.11. The van der Waals surface area contributed by atoms with E-state index < -0.39 is 0 Å². The maximum Gasteiger partial charge on any atom is 0.158 e. The van der Waals surface area contributed by atoms with Crippen LogP contribution in [0.4, 0.5) is 0 Å². The normalized spacial score (nSPS) is 33.2. The van der Waals surface area contributed by atoms with E-state index in [0.29, 0.717) is 12.2 Å². The minimum atomic E-state index is 0.0607. The zero-order valence-corrected chi connectivity index (χ0v) is 9.79. The zero-order valence-electron chi connectivity index (χ0n) is 9.79. The van der Waals surface area contributed by atoms with Gasteiger partial charge in [-0.25, -0.2) is 0 Å². The van der Waals surface area contributed by atoms with Gasteiger partial charge >= 0.3 is 0 Å². The van der Waals surface area contributed by atoms with Gasteiger partial charge in [-0.15, -0.1) is 0 Å². The minimum Gasteiger partial charge on any atom is -0.350 e. The summed E-state index contributed by atoms with van der Waals surface area (Å²) in [6, 6.07) is 0. The van der Waals surface area contributed by atoms with Crippen molar-refractivity contribution < 1.29 is 9.47 Å². The molecule has 0 spiro atoms. The van der Waals surface area contributed by atoms with Crippen LogP contribution in [-0.2, 0) is 9.47 Å². The van der Waals surface area contributed by atoms with Crippen LogP contribution in [0.1, 0.15) is 59.3 Å². The van der Waals surface area contributed by atoms with Crippen molar-refractivity contribution in [2.24, 2.45) is 0 Å². The van der Waals surface area contributed by atoms with E-state index >= 15 is 0 Å². The van der Waals surface area contributed by atoms with Gasteiger partial charge in [0.1, 0.15) is 0 Å². The average molecular weight is 200 g/mol. The lowest BCUT2D eigenvalue weighted by Crippen LogP contribution is -2.35. The predicted molar refractivity (Wildman–Crippen MR) is 58.3 cm³/mol. The van der Waals surface area contributed by atoms with Gasteiger partial charge in [0.15, 0.2) is 6.29 Å². The van der Waals surface area contributed by atoms with Gasteiger partial charge < -0.3 is 9.47 Å². The van der Waals surface area contributed by atoms with Crippen molar-refractivity contribution >= 4 is 0 Å². The molecule has 0 N–H and O–H groups in total. The number of hydrogen-bond acceptors (Lipinski definition) is 2. The van der Waals surface area contributed by atoms with Gasteiger partial charge in [-0.2, -0.15) is 0 Å². The Morgan fingerprint density at radius 3 is 2.21 bits per heavy atom. The SMILES string of the molecule is CCCCCCC1O[C@H](C)C[C@@H](C)O1. The van der Waals surface area contributed by atoms with Crippen molar-refractivity contribution in [2.45, 2.75) is 77.8 Å². The zero-order chi connectivity index (χ0) is 10.4. The van der Waals surface area contributed by atoms with Crippen LogP contribution in [0, 0.1) is 0 Å². The van der Waals surface area contributed by atoms with E-state index in [1.165, 1.54) is 25.7 Å². The molecule has 2 atom stereocenters. The van der Waals surface area contributed by atoms with Crippen LogP contribution in [0.15, 0.2) is 0 Å². The van der Waals surface area contributed by atoms with Crippen molar-refractivity contribution in [3.05, 3.63) is 0 Å². The Hall–Kier alpha value is -0.0800. The van der Waals surface area contributed by atoms with E-state index in [4.69, 9.17) is 9.47 Å². The van der Waals surface area contributed by atoms with Crippen LogP contribution in [0.2, 0.25) is 0 Å². The molecule has 14 heavy (non-hydrogen) atoms. The highest BCUT2D eigenvalue weighted by atomic mass is 16.7. The van der Waals surface area contributed by atoms with Crippen molar-refractivity contribution in [2.75, 3.05) is 0 Å². The molecular formula is C12H24O2. The lowest BCUT2D eigenvalue weighted by Gasteiger charge is -2.32. The van der Waals surface area contributed by atoms with E-state index in [1.807, 2.05) is 0 Å². The third-order valence-corrected chi connectivity index (χ3v) is 2.73. The highest BCUT2D eigenvalue weighted by Gasteiger charge is 2.23. The van der Waals surface area contributed by atoms with Crippen LogP contribution in [0.25, 0.3) is 0 Å². The van der Waals surface area contributed by atoms with Gasteiger partial charge in [0, 0.05) is 0 Å². The van der Waals surface area contributed by atoms with Crippen LogP contribution in [0.5, 0.6) is 0 Å². The van der Waals surface area contributed by atoms with Gasteiger partial charge in [0.05, 0.1) is 12.2 Å². The summed E-state index contributed by atoms with van der Waals surface area (Å²) < 4.78 is 11.4. The number of ether oxygens (including phenoxy) is 2. The highest BCUT2D eigenvalue weighted by molar-refractivity contribution is 4.65. The monoisotopic (exact) mass is 200 g/mol. The molecule has 0 unspecified atom stereocenters. The molecule has 1 saturated heterocycles. The van der Waals surface area contributed by atoms with Gasteiger partial charge in [0.2, 0.25) is 0 Å². The van der Waals surface area contributed by atoms with E-state index in [0.717, 1.165) is 12.8 Å².